The summed E-state index contributed by atoms with van der Waals surface area (Å²) < 4.78 is 0. The number of aryl methyl sites for hydroxylation is 1. The molecular formula is C18H17ClN4O. The summed E-state index contributed by atoms with van der Waals surface area (Å²) in [5.41, 5.74) is 6.24. The molecule has 0 aliphatic rings. The average Bonchev–Trinajstić information content (AvgIpc) is 2.90. The number of amides is 1. The van der Waals surface area contributed by atoms with Gasteiger partial charge in [-0.25, -0.2) is 5.43 Å². The molecule has 0 spiro atoms. The van der Waals surface area contributed by atoms with Crippen molar-refractivity contribution in [2.45, 2.75) is 6.92 Å². The number of hydrogen-bond donors (Lipinski definition) is 3. The van der Waals surface area contributed by atoms with Gasteiger partial charge in [-0.05, 0) is 25.1 Å². The lowest BCUT2D eigenvalue weighted by molar-refractivity contribution is -0.119. The maximum absolute atomic E-state index is 11.9. The van der Waals surface area contributed by atoms with E-state index in [1.54, 1.807) is 12.3 Å². The van der Waals surface area contributed by atoms with E-state index in [1.807, 2.05) is 49.4 Å². The van der Waals surface area contributed by atoms with Crippen molar-refractivity contribution in [1.29, 1.82) is 0 Å². The first-order valence-corrected chi connectivity index (χ1v) is 7.90. The Morgan fingerprint density at radius 3 is 2.79 bits per heavy atom. The largest absolute Gasteiger partial charge is 0.375 e. The van der Waals surface area contributed by atoms with Gasteiger partial charge in [-0.15, -0.1) is 0 Å². The number of hydrogen-bond acceptors (Lipinski definition) is 3. The molecule has 5 nitrogen and oxygen atoms in total. The van der Waals surface area contributed by atoms with Crippen LogP contribution in [0.25, 0.3) is 10.9 Å². The van der Waals surface area contributed by atoms with Crippen LogP contribution in [0, 0.1) is 6.92 Å². The van der Waals surface area contributed by atoms with E-state index in [2.05, 4.69) is 20.8 Å². The Kier molecular flexibility index (Phi) is 4.82. The second-order valence-corrected chi connectivity index (χ2v) is 5.74. The van der Waals surface area contributed by atoms with Crippen molar-refractivity contribution in [1.82, 2.24) is 10.4 Å². The summed E-state index contributed by atoms with van der Waals surface area (Å²) >= 11 is 6.03. The lowest BCUT2D eigenvalue weighted by Gasteiger charge is -2.06. The highest BCUT2D eigenvalue weighted by Gasteiger charge is 2.06. The van der Waals surface area contributed by atoms with Crippen LogP contribution in [-0.2, 0) is 4.79 Å². The first kappa shape index (κ1) is 16.1. The van der Waals surface area contributed by atoms with Gasteiger partial charge >= 0.3 is 0 Å². The van der Waals surface area contributed by atoms with Gasteiger partial charge in [-0.1, -0.05) is 41.9 Å². The first-order chi connectivity index (χ1) is 11.6. The topological polar surface area (TPSA) is 69.3 Å². The van der Waals surface area contributed by atoms with Crippen LogP contribution < -0.4 is 10.7 Å². The number of carbonyl (C=O) groups is 1. The number of halogens is 1. The van der Waals surface area contributed by atoms with E-state index < -0.39 is 0 Å². The molecule has 0 atom stereocenters. The molecule has 1 heterocycles. The molecule has 3 aromatic rings. The van der Waals surface area contributed by atoms with Crippen molar-refractivity contribution in [2.24, 2.45) is 5.10 Å². The fraction of sp³-hybridized carbons (Fsp3) is 0.111. The zero-order chi connectivity index (χ0) is 16.9. The van der Waals surface area contributed by atoms with Crippen molar-refractivity contribution < 1.29 is 4.79 Å². The van der Waals surface area contributed by atoms with Crippen molar-refractivity contribution in [3.05, 3.63) is 64.8 Å². The number of H-pyrrole nitrogens is 1. The van der Waals surface area contributed by atoms with Gasteiger partial charge in [0.15, 0.2) is 0 Å². The molecular weight excluding hydrogens is 324 g/mol. The summed E-state index contributed by atoms with van der Waals surface area (Å²) in [6, 6.07) is 15.2. The molecule has 0 fully saturated rings. The number of aromatic amines is 1. The van der Waals surface area contributed by atoms with Crippen LogP contribution in [0.2, 0.25) is 5.02 Å². The normalized spacial score (nSPS) is 11.1. The molecule has 1 aromatic heterocycles. The third kappa shape index (κ3) is 3.58. The summed E-state index contributed by atoms with van der Waals surface area (Å²) in [5.74, 6) is -0.247. The predicted octanol–water partition coefficient (Wildman–Crippen LogP) is 3.69. The number of carbonyl (C=O) groups excluding carboxylic acids is 1. The van der Waals surface area contributed by atoms with Gasteiger partial charge in [0.25, 0.3) is 5.91 Å². The number of aromatic nitrogens is 1. The van der Waals surface area contributed by atoms with E-state index in [4.69, 9.17) is 11.6 Å². The van der Waals surface area contributed by atoms with Gasteiger partial charge in [0.05, 0.1) is 23.5 Å². The van der Waals surface area contributed by atoms with Gasteiger partial charge in [-0.3, -0.25) is 4.79 Å². The van der Waals surface area contributed by atoms with Crippen LogP contribution in [0.5, 0.6) is 0 Å². The summed E-state index contributed by atoms with van der Waals surface area (Å²) in [4.78, 5) is 15.2. The van der Waals surface area contributed by atoms with Crippen molar-refractivity contribution in [3.8, 4) is 0 Å². The van der Waals surface area contributed by atoms with Crippen LogP contribution in [0.1, 0.15) is 11.3 Å². The molecule has 3 rings (SSSR count). The Morgan fingerprint density at radius 1 is 1.21 bits per heavy atom. The van der Waals surface area contributed by atoms with Gasteiger partial charge in [0.1, 0.15) is 0 Å². The molecule has 0 bridgehead atoms. The lowest BCUT2D eigenvalue weighted by atomic mass is 10.1. The Hall–Kier alpha value is -2.79. The molecule has 122 valence electrons. The monoisotopic (exact) mass is 340 g/mol. The molecule has 2 aromatic carbocycles. The number of benzene rings is 2. The Bertz CT molecular complexity index is 901. The maximum atomic E-state index is 11.9. The van der Waals surface area contributed by atoms with Gasteiger partial charge < -0.3 is 10.3 Å². The number of para-hydroxylation sites is 2. The van der Waals surface area contributed by atoms with Gasteiger partial charge in [-0.2, -0.15) is 5.10 Å². The molecule has 0 aliphatic heterocycles. The van der Waals surface area contributed by atoms with Crippen LogP contribution in [0.4, 0.5) is 5.69 Å². The summed E-state index contributed by atoms with van der Waals surface area (Å²) in [5, 5.41) is 8.66. The molecule has 6 heteroatoms. The number of rotatable bonds is 5. The fourth-order valence-corrected chi connectivity index (χ4v) is 2.66. The molecule has 0 saturated heterocycles. The zero-order valence-electron chi connectivity index (χ0n) is 13.1. The third-order valence-electron chi connectivity index (χ3n) is 3.64. The summed E-state index contributed by atoms with van der Waals surface area (Å²) in [6.45, 7) is 2.07. The van der Waals surface area contributed by atoms with Crippen molar-refractivity contribution >= 4 is 40.3 Å². The number of nitrogens with zero attached hydrogens (tertiary/aromatic N) is 1. The minimum atomic E-state index is -0.247. The molecule has 0 radical (unpaired) electrons. The van der Waals surface area contributed by atoms with E-state index in [0.29, 0.717) is 10.7 Å². The highest BCUT2D eigenvalue weighted by Crippen LogP contribution is 2.20. The number of nitrogens with one attached hydrogen (secondary N) is 3. The molecule has 0 aliphatic carbocycles. The maximum Gasteiger partial charge on any atom is 0.259 e. The summed E-state index contributed by atoms with van der Waals surface area (Å²) in [6.07, 6.45) is 1.65. The number of hydrazone groups is 1. The first-order valence-electron chi connectivity index (χ1n) is 7.53. The van der Waals surface area contributed by atoms with E-state index in [-0.39, 0.29) is 12.5 Å². The number of anilines is 1. The standard InChI is InChI=1S/C18H17ClN4O/c1-12-14(13-6-2-4-8-16(13)22-12)10-21-23-18(24)11-20-17-9-5-3-7-15(17)19/h2-10,20,22H,11H2,1H3,(H,23,24). The predicted molar refractivity (Wildman–Crippen MR) is 98.7 cm³/mol. The zero-order valence-corrected chi connectivity index (χ0v) is 13.9. The minimum Gasteiger partial charge on any atom is -0.375 e. The molecule has 1 amide bonds. The lowest BCUT2D eigenvalue weighted by Crippen LogP contribution is -2.26. The quantitative estimate of drug-likeness (QED) is 0.489. The Balaban J connectivity index is 1.60. The van der Waals surface area contributed by atoms with Crippen LogP contribution in [-0.4, -0.2) is 23.7 Å². The Morgan fingerprint density at radius 2 is 1.96 bits per heavy atom. The second kappa shape index (κ2) is 7.19. The molecule has 0 unspecified atom stereocenters. The van der Waals surface area contributed by atoms with E-state index >= 15 is 0 Å². The fourth-order valence-electron chi connectivity index (χ4n) is 2.45. The SMILES string of the molecule is Cc1[nH]c2ccccc2c1C=NNC(=O)CNc1ccccc1Cl. The van der Waals surface area contributed by atoms with Gasteiger partial charge in [0, 0.05) is 22.2 Å². The molecule has 3 N–H and O–H groups in total. The summed E-state index contributed by atoms with van der Waals surface area (Å²) in [7, 11) is 0. The van der Waals surface area contributed by atoms with Gasteiger partial charge in [0.2, 0.25) is 0 Å². The number of fused-ring (bicyclic) bond motifs is 1. The van der Waals surface area contributed by atoms with E-state index in [1.165, 1.54) is 0 Å². The van der Waals surface area contributed by atoms with Crippen LogP contribution in [0.3, 0.4) is 0 Å². The molecule has 24 heavy (non-hydrogen) atoms. The van der Waals surface area contributed by atoms with Crippen molar-refractivity contribution in [3.63, 3.8) is 0 Å². The van der Waals surface area contributed by atoms with Crippen LogP contribution >= 0.6 is 11.6 Å². The van der Waals surface area contributed by atoms with E-state index in [9.17, 15) is 4.79 Å². The highest BCUT2D eigenvalue weighted by molar-refractivity contribution is 6.33. The van der Waals surface area contributed by atoms with E-state index in [0.717, 1.165) is 22.2 Å². The Labute approximate surface area is 144 Å². The average molecular weight is 341 g/mol. The van der Waals surface area contributed by atoms with Crippen LogP contribution in [0.15, 0.2) is 53.6 Å². The smallest absolute Gasteiger partial charge is 0.259 e. The second-order valence-electron chi connectivity index (χ2n) is 5.34. The molecule has 0 saturated carbocycles. The van der Waals surface area contributed by atoms with Crippen molar-refractivity contribution in [2.75, 3.05) is 11.9 Å². The third-order valence-corrected chi connectivity index (χ3v) is 3.97. The highest BCUT2D eigenvalue weighted by atomic mass is 35.5. The minimum absolute atomic E-state index is 0.0912.